The van der Waals surface area contributed by atoms with Crippen molar-refractivity contribution < 1.29 is 14.7 Å². The number of amides is 1. The van der Waals surface area contributed by atoms with Gasteiger partial charge in [-0.05, 0) is 6.92 Å². The van der Waals surface area contributed by atoms with E-state index in [1.807, 2.05) is 13.0 Å². The van der Waals surface area contributed by atoms with E-state index >= 15 is 0 Å². The lowest BCUT2D eigenvalue weighted by Gasteiger charge is -2.15. The highest BCUT2D eigenvalue weighted by molar-refractivity contribution is 5.93. The van der Waals surface area contributed by atoms with E-state index in [0.717, 1.165) is 0 Å². The Morgan fingerprint density at radius 2 is 1.95 bits per heavy atom. The molecule has 2 rings (SSSR count). The summed E-state index contributed by atoms with van der Waals surface area (Å²) < 4.78 is 1.33. The van der Waals surface area contributed by atoms with Gasteiger partial charge >= 0.3 is 5.97 Å². The molecule has 1 aromatic carbocycles. The lowest BCUT2D eigenvalue weighted by atomic mass is 10.1. The van der Waals surface area contributed by atoms with Crippen LogP contribution >= 0.6 is 0 Å². The number of carboxylic acid groups (broad SMARTS) is 1. The van der Waals surface area contributed by atoms with Crippen LogP contribution in [0.2, 0.25) is 0 Å². The Morgan fingerprint density at radius 3 is 2.52 bits per heavy atom. The molecule has 2 aromatic rings. The number of rotatable bonds is 5. The molecule has 21 heavy (non-hydrogen) atoms. The van der Waals surface area contributed by atoms with Crippen molar-refractivity contribution in [2.24, 2.45) is 0 Å². The van der Waals surface area contributed by atoms with E-state index in [1.165, 1.54) is 9.58 Å². The number of carboxylic acids is 1. The molecule has 0 atom stereocenters. The predicted octanol–water partition coefficient (Wildman–Crippen LogP) is 1.12. The first-order valence-electron chi connectivity index (χ1n) is 6.50. The fourth-order valence-electron chi connectivity index (χ4n) is 1.87. The Kier molecular flexibility index (Phi) is 4.32. The van der Waals surface area contributed by atoms with Gasteiger partial charge in [0.25, 0.3) is 0 Å². The summed E-state index contributed by atoms with van der Waals surface area (Å²) in [4.78, 5) is 24.8. The minimum atomic E-state index is -1.17. The predicted molar refractivity (Wildman–Crippen MR) is 75.7 cm³/mol. The lowest BCUT2D eigenvalue weighted by Crippen LogP contribution is -2.30. The van der Waals surface area contributed by atoms with Crippen LogP contribution in [0.15, 0.2) is 30.3 Å². The number of nitrogens with zero attached hydrogens (tertiary/aromatic N) is 4. The minimum absolute atomic E-state index is 0.0468. The van der Waals surface area contributed by atoms with Gasteiger partial charge in [-0.25, -0.2) is 9.48 Å². The second kappa shape index (κ2) is 6.17. The van der Waals surface area contributed by atoms with Crippen LogP contribution < -0.4 is 0 Å². The van der Waals surface area contributed by atoms with E-state index < -0.39 is 5.97 Å². The van der Waals surface area contributed by atoms with E-state index in [2.05, 4.69) is 10.3 Å². The molecule has 0 spiro atoms. The van der Waals surface area contributed by atoms with Crippen LogP contribution in [0.25, 0.3) is 11.3 Å². The highest BCUT2D eigenvalue weighted by atomic mass is 16.4. The summed E-state index contributed by atoms with van der Waals surface area (Å²) in [5.74, 6) is -1.33. The van der Waals surface area contributed by atoms with Crippen LogP contribution in [0.3, 0.4) is 0 Å². The van der Waals surface area contributed by atoms with Crippen LogP contribution in [0.4, 0.5) is 0 Å². The Labute approximate surface area is 121 Å². The summed E-state index contributed by atoms with van der Waals surface area (Å²) in [6.45, 7) is 2.38. The van der Waals surface area contributed by atoms with E-state index in [9.17, 15) is 14.7 Å². The Hall–Kier alpha value is -2.70. The first kappa shape index (κ1) is 14.7. The lowest BCUT2D eigenvalue weighted by molar-refractivity contribution is -0.130. The van der Waals surface area contributed by atoms with Gasteiger partial charge in [0.1, 0.15) is 12.2 Å². The van der Waals surface area contributed by atoms with E-state index in [1.54, 1.807) is 31.3 Å². The number of aromatic carboxylic acids is 1. The average molecular weight is 288 g/mol. The SMILES string of the molecule is CCN(C)C(=O)Cn1nnc(C(=O)O)c1-c1ccccc1. The second-order valence-electron chi connectivity index (χ2n) is 4.52. The van der Waals surface area contributed by atoms with Gasteiger partial charge in [-0.2, -0.15) is 0 Å². The summed E-state index contributed by atoms with van der Waals surface area (Å²) in [6.07, 6.45) is 0. The molecule has 1 heterocycles. The highest BCUT2D eigenvalue weighted by Crippen LogP contribution is 2.22. The topological polar surface area (TPSA) is 88.3 Å². The van der Waals surface area contributed by atoms with Crippen LogP contribution in [0.5, 0.6) is 0 Å². The number of hydrogen-bond acceptors (Lipinski definition) is 4. The van der Waals surface area contributed by atoms with Crippen LogP contribution in [-0.2, 0) is 11.3 Å². The van der Waals surface area contributed by atoms with E-state index in [0.29, 0.717) is 17.8 Å². The van der Waals surface area contributed by atoms with Gasteiger partial charge in [0.05, 0.1) is 0 Å². The molecule has 0 unspecified atom stereocenters. The molecule has 0 aliphatic rings. The molecule has 0 bridgehead atoms. The first-order valence-corrected chi connectivity index (χ1v) is 6.50. The molecule has 0 radical (unpaired) electrons. The quantitative estimate of drug-likeness (QED) is 0.890. The zero-order chi connectivity index (χ0) is 15.4. The van der Waals surface area contributed by atoms with Crippen molar-refractivity contribution in [3.8, 4) is 11.3 Å². The molecule has 0 aliphatic heterocycles. The van der Waals surface area contributed by atoms with E-state index in [-0.39, 0.29) is 18.1 Å². The maximum atomic E-state index is 12.0. The second-order valence-corrected chi connectivity index (χ2v) is 4.52. The van der Waals surface area contributed by atoms with Crippen molar-refractivity contribution in [1.82, 2.24) is 19.9 Å². The average Bonchev–Trinajstić information content (AvgIpc) is 2.91. The molecule has 1 N–H and O–H groups in total. The first-order chi connectivity index (χ1) is 10.0. The Morgan fingerprint density at radius 1 is 1.29 bits per heavy atom. The van der Waals surface area contributed by atoms with Gasteiger partial charge in [0.15, 0.2) is 5.69 Å². The molecule has 0 saturated carbocycles. The van der Waals surface area contributed by atoms with Crippen LogP contribution in [0, 0.1) is 0 Å². The van der Waals surface area contributed by atoms with Gasteiger partial charge in [0, 0.05) is 19.2 Å². The molecular formula is C14H16N4O3. The number of hydrogen-bond donors (Lipinski definition) is 1. The van der Waals surface area contributed by atoms with E-state index in [4.69, 9.17) is 0 Å². The summed E-state index contributed by atoms with van der Waals surface area (Å²) in [5, 5.41) is 16.7. The molecular weight excluding hydrogens is 272 g/mol. The summed E-state index contributed by atoms with van der Waals surface area (Å²) >= 11 is 0. The van der Waals surface area contributed by atoms with Crippen molar-refractivity contribution >= 4 is 11.9 Å². The summed E-state index contributed by atoms with van der Waals surface area (Å²) in [6, 6.07) is 8.93. The van der Waals surface area contributed by atoms with Crippen LogP contribution in [-0.4, -0.2) is 50.5 Å². The maximum Gasteiger partial charge on any atom is 0.358 e. The van der Waals surface area contributed by atoms with Gasteiger partial charge in [-0.3, -0.25) is 4.79 Å². The zero-order valence-corrected chi connectivity index (χ0v) is 11.9. The van der Waals surface area contributed by atoms with Gasteiger partial charge in [-0.15, -0.1) is 5.10 Å². The smallest absolute Gasteiger partial charge is 0.358 e. The molecule has 1 aromatic heterocycles. The van der Waals surface area contributed by atoms with Crippen molar-refractivity contribution in [1.29, 1.82) is 0 Å². The molecule has 0 saturated heterocycles. The number of likely N-dealkylation sites (N-methyl/N-ethyl adjacent to an activating group) is 1. The highest BCUT2D eigenvalue weighted by Gasteiger charge is 2.22. The standard InChI is InChI=1S/C14H16N4O3/c1-3-17(2)11(19)9-18-13(10-7-5-4-6-8-10)12(14(20)21)15-16-18/h4-8H,3,9H2,1-2H3,(H,20,21). The zero-order valence-electron chi connectivity index (χ0n) is 11.9. The van der Waals surface area contributed by atoms with Gasteiger partial charge < -0.3 is 10.0 Å². The van der Waals surface area contributed by atoms with Crippen molar-refractivity contribution in [2.45, 2.75) is 13.5 Å². The minimum Gasteiger partial charge on any atom is -0.476 e. The molecule has 0 fully saturated rings. The fourth-order valence-corrected chi connectivity index (χ4v) is 1.87. The van der Waals surface area contributed by atoms with Crippen molar-refractivity contribution in [3.05, 3.63) is 36.0 Å². The summed E-state index contributed by atoms with van der Waals surface area (Å²) in [7, 11) is 1.68. The molecule has 7 nitrogen and oxygen atoms in total. The Balaban J connectivity index is 2.43. The largest absolute Gasteiger partial charge is 0.476 e. The van der Waals surface area contributed by atoms with Crippen molar-refractivity contribution in [2.75, 3.05) is 13.6 Å². The molecule has 7 heteroatoms. The molecule has 1 amide bonds. The van der Waals surface area contributed by atoms with Crippen molar-refractivity contribution in [3.63, 3.8) is 0 Å². The molecule has 0 aliphatic carbocycles. The van der Waals surface area contributed by atoms with Gasteiger partial charge in [-0.1, -0.05) is 35.5 Å². The number of benzene rings is 1. The fraction of sp³-hybridized carbons (Fsp3) is 0.286. The summed E-state index contributed by atoms with van der Waals surface area (Å²) in [5.41, 5.74) is 0.834. The normalized spacial score (nSPS) is 10.4. The third-order valence-electron chi connectivity index (χ3n) is 3.17. The monoisotopic (exact) mass is 288 g/mol. The molecule has 110 valence electrons. The maximum absolute atomic E-state index is 12.0. The number of aromatic nitrogens is 3. The van der Waals surface area contributed by atoms with Gasteiger partial charge in [0.2, 0.25) is 5.91 Å². The number of carbonyl (C=O) groups excluding carboxylic acids is 1. The number of carbonyl (C=O) groups is 2. The van der Waals surface area contributed by atoms with Crippen LogP contribution in [0.1, 0.15) is 17.4 Å². The third-order valence-corrected chi connectivity index (χ3v) is 3.17. The third kappa shape index (κ3) is 3.07. The Bertz CT molecular complexity index is 651.